The van der Waals surface area contributed by atoms with Gasteiger partial charge in [0.2, 0.25) is 0 Å². The Labute approximate surface area is 119 Å². The third-order valence-corrected chi connectivity index (χ3v) is 2.55. The van der Waals surface area contributed by atoms with Crippen LogP contribution in [0.25, 0.3) is 0 Å². The summed E-state index contributed by atoms with van der Waals surface area (Å²) in [7, 11) is 0. The number of hydrogen-bond acceptors (Lipinski definition) is 4. The fourth-order valence-corrected chi connectivity index (χ4v) is 1.61. The topological polar surface area (TPSA) is 77.2 Å². The molecule has 0 bridgehead atoms. The van der Waals surface area contributed by atoms with Gasteiger partial charge in [0, 0.05) is 12.3 Å². The Balaban J connectivity index is 1.94. The van der Waals surface area contributed by atoms with Crippen LogP contribution in [0, 0.1) is 5.82 Å². The highest BCUT2D eigenvalue weighted by Crippen LogP contribution is 2.19. The van der Waals surface area contributed by atoms with E-state index in [-0.39, 0.29) is 18.0 Å². The first-order chi connectivity index (χ1) is 9.54. The SMILES string of the molecule is Nc1ccc(F)cc1NC(=O)COc1cncc(Cl)c1. The largest absolute Gasteiger partial charge is 0.482 e. The number of nitrogen functional groups attached to an aromatic ring is 1. The number of amides is 1. The molecule has 0 saturated heterocycles. The second kappa shape index (κ2) is 6.21. The van der Waals surface area contributed by atoms with Crippen molar-refractivity contribution in [3.8, 4) is 5.75 Å². The predicted octanol–water partition coefficient (Wildman–Crippen LogP) is 2.47. The molecule has 0 aliphatic rings. The number of benzene rings is 1. The predicted molar refractivity (Wildman–Crippen MR) is 74.2 cm³/mol. The van der Waals surface area contributed by atoms with E-state index < -0.39 is 11.7 Å². The molecule has 0 unspecified atom stereocenters. The molecule has 0 aliphatic heterocycles. The van der Waals surface area contributed by atoms with E-state index >= 15 is 0 Å². The fourth-order valence-electron chi connectivity index (χ4n) is 1.44. The lowest BCUT2D eigenvalue weighted by atomic mass is 10.2. The van der Waals surface area contributed by atoms with Gasteiger partial charge in [0.1, 0.15) is 11.6 Å². The summed E-state index contributed by atoms with van der Waals surface area (Å²) < 4.78 is 18.2. The van der Waals surface area contributed by atoms with Gasteiger partial charge in [-0.3, -0.25) is 9.78 Å². The highest BCUT2D eigenvalue weighted by Gasteiger charge is 2.07. The molecule has 20 heavy (non-hydrogen) atoms. The minimum Gasteiger partial charge on any atom is -0.482 e. The summed E-state index contributed by atoms with van der Waals surface area (Å²) >= 11 is 5.73. The molecule has 0 aliphatic carbocycles. The van der Waals surface area contributed by atoms with E-state index in [0.717, 1.165) is 6.07 Å². The Morgan fingerprint density at radius 3 is 2.95 bits per heavy atom. The van der Waals surface area contributed by atoms with E-state index in [1.807, 2.05) is 0 Å². The summed E-state index contributed by atoms with van der Waals surface area (Å²) in [6.07, 6.45) is 2.87. The number of carbonyl (C=O) groups is 1. The second-order valence-electron chi connectivity index (χ2n) is 3.91. The van der Waals surface area contributed by atoms with Gasteiger partial charge in [-0.1, -0.05) is 11.6 Å². The lowest BCUT2D eigenvalue weighted by molar-refractivity contribution is -0.118. The summed E-state index contributed by atoms with van der Waals surface area (Å²) in [5.41, 5.74) is 6.08. The lowest BCUT2D eigenvalue weighted by Gasteiger charge is -2.09. The number of carbonyl (C=O) groups excluding carboxylic acids is 1. The average Bonchev–Trinajstić information content (AvgIpc) is 2.41. The van der Waals surface area contributed by atoms with Gasteiger partial charge in [-0.2, -0.15) is 0 Å². The zero-order valence-electron chi connectivity index (χ0n) is 10.3. The van der Waals surface area contributed by atoms with E-state index in [9.17, 15) is 9.18 Å². The van der Waals surface area contributed by atoms with Crippen molar-refractivity contribution in [3.05, 3.63) is 47.5 Å². The molecular formula is C13H11ClFN3O2. The van der Waals surface area contributed by atoms with Crippen molar-refractivity contribution in [2.75, 3.05) is 17.7 Å². The van der Waals surface area contributed by atoms with Crippen LogP contribution in [0.3, 0.4) is 0 Å². The molecule has 3 N–H and O–H groups in total. The number of hydrogen-bond donors (Lipinski definition) is 2. The maximum absolute atomic E-state index is 13.0. The van der Waals surface area contributed by atoms with Gasteiger partial charge in [0.05, 0.1) is 22.6 Å². The van der Waals surface area contributed by atoms with Crippen molar-refractivity contribution in [2.45, 2.75) is 0 Å². The summed E-state index contributed by atoms with van der Waals surface area (Å²) in [5.74, 6) is -0.600. The molecule has 2 rings (SSSR count). The third kappa shape index (κ3) is 3.83. The zero-order chi connectivity index (χ0) is 14.5. The van der Waals surface area contributed by atoms with E-state index in [1.165, 1.54) is 30.6 Å². The summed E-state index contributed by atoms with van der Waals surface area (Å²) in [6, 6.07) is 5.23. The molecule has 1 heterocycles. The van der Waals surface area contributed by atoms with Crippen molar-refractivity contribution in [2.24, 2.45) is 0 Å². The minimum absolute atomic E-state index is 0.197. The van der Waals surface area contributed by atoms with Crippen LogP contribution in [0.2, 0.25) is 5.02 Å². The van der Waals surface area contributed by atoms with E-state index in [4.69, 9.17) is 22.1 Å². The van der Waals surface area contributed by atoms with Gasteiger partial charge in [-0.25, -0.2) is 4.39 Å². The highest BCUT2D eigenvalue weighted by molar-refractivity contribution is 6.30. The monoisotopic (exact) mass is 295 g/mol. The minimum atomic E-state index is -0.491. The van der Waals surface area contributed by atoms with Crippen molar-refractivity contribution in [3.63, 3.8) is 0 Å². The van der Waals surface area contributed by atoms with Crippen LogP contribution >= 0.6 is 11.6 Å². The number of rotatable bonds is 4. The quantitative estimate of drug-likeness (QED) is 0.850. The van der Waals surface area contributed by atoms with Crippen LogP contribution < -0.4 is 15.8 Å². The smallest absolute Gasteiger partial charge is 0.262 e. The summed E-state index contributed by atoms with van der Waals surface area (Å²) in [5, 5.41) is 2.85. The Morgan fingerprint density at radius 2 is 2.20 bits per heavy atom. The maximum Gasteiger partial charge on any atom is 0.262 e. The molecule has 0 radical (unpaired) electrons. The van der Waals surface area contributed by atoms with E-state index in [2.05, 4.69) is 10.3 Å². The van der Waals surface area contributed by atoms with Crippen LogP contribution in [-0.2, 0) is 4.79 Å². The molecule has 1 amide bonds. The van der Waals surface area contributed by atoms with Crippen LogP contribution in [0.5, 0.6) is 5.75 Å². The number of pyridine rings is 1. The first kappa shape index (κ1) is 14.1. The molecule has 0 fully saturated rings. The third-order valence-electron chi connectivity index (χ3n) is 2.34. The molecule has 0 saturated carbocycles. The van der Waals surface area contributed by atoms with Gasteiger partial charge >= 0.3 is 0 Å². The number of nitrogens with two attached hydrogens (primary N) is 1. The maximum atomic E-state index is 13.0. The zero-order valence-corrected chi connectivity index (χ0v) is 11.0. The Bertz CT molecular complexity index is 637. The van der Waals surface area contributed by atoms with Gasteiger partial charge < -0.3 is 15.8 Å². The highest BCUT2D eigenvalue weighted by atomic mass is 35.5. The summed E-state index contributed by atoms with van der Waals surface area (Å²) in [6.45, 7) is -0.266. The van der Waals surface area contributed by atoms with Crippen molar-refractivity contribution >= 4 is 28.9 Å². The number of aromatic nitrogens is 1. The Hall–Kier alpha value is -2.34. The van der Waals surface area contributed by atoms with Gasteiger partial charge in [-0.15, -0.1) is 0 Å². The molecular weight excluding hydrogens is 285 g/mol. The summed E-state index contributed by atoms with van der Waals surface area (Å²) in [4.78, 5) is 15.5. The normalized spacial score (nSPS) is 10.1. The van der Waals surface area contributed by atoms with Crippen molar-refractivity contribution < 1.29 is 13.9 Å². The Kier molecular flexibility index (Phi) is 4.37. The molecule has 7 heteroatoms. The van der Waals surface area contributed by atoms with Gasteiger partial charge in [-0.05, 0) is 18.2 Å². The van der Waals surface area contributed by atoms with Crippen LogP contribution in [-0.4, -0.2) is 17.5 Å². The molecule has 0 spiro atoms. The lowest BCUT2D eigenvalue weighted by Crippen LogP contribution is -2.21. The molecule has 5 nitrogen and oxygen atoms in total. The standard InChI is InChI=1S/C13H11ClFN3O2/c14-8-3-10(6-17-5-8)20-7-13(19)18-12-4-9(15)1-2-11(12)16/h1-6H,7,16H2,(H,18,19). The van der Waals surface area contributed by atoms with Crippen molar-refractivity contribution in [1.29, 1.82) is 0 Å². The molecule has 104 valence electrons. The first-order valence-electron chi connectivity index (χ1n) is 5.63. The fraction of sp³-hybridized carbons (Fsp3) is 0.0769. The number of ether oxygens (including phenoxy) is 1. The van der Waals surface area contributed by atoms with Crippen LogP contribution in [0.1, 0.15) is 0 Å². The molecule has 1 aromatic carbocycles. The second-order valence-corrected chi connectivity index (χ2v) is 4.34. The molecule has 2 aromatic rings. The first-order valence-corrected chi connectivity index (χ1v) is 6.00. The number of nitrogens with one attached hydrogen (secondary N) is 1. The molecule has 0 atom stereocenters. The number of nitrogens with zero attached hydrogens (tertiary/aromatic N) is 1. The van der Waals surface area contributed by atoms with Crippen LogP contribution in [0.15, 0.2) is 36.7 Å². The van der Waals surface area contributed by atoms with Gasteiger partial charge in [0.25, 0.3) is 5.91 Å². The Morgan fingerprint density at radius 1 is 1.40 bits per heavy atom. The number of anilines is 2. The average molecular weight is 296 g/mol. The number of halogens is 2. The molecule has 1 aromatic heterocycles. The van der Waals surface area contributed by atoms with Gasteiger partial charge in [0.15, 0.2) is 6.61 Å². The van der Waals surface area contributed by atoms with E-state index in [0.29, 0.717) is 10.8 Å². The van der Waals surface area contributed by atoms with E-state index in [1.54, 1.807) is 0 Å². The van der Waals surface area contributed by atoms with Crippen molar-refractivity contribution in [1.82, 2.24) is 4.98 Å². The van der Waals surface area contributed by atoms with Crippen LogP contribution in [0.4, 0.5) is 15.8 Å².